The number of carbonyl (C=O) groups is 1. The van der Waals surface area contributed by atoms with Gasteiger partial charge in [-0.2, -0.15) is 13.2 Å². The van der Waals surface area contributed by atoms with Crippen molar-refractivity contribution >= 4 is 21.8 Å². The van der Waals surface area contributed by atoms with E-state index >= 15 is 0 Å². The lowest BCUT2D eigenvalue weighted by molar-refractivity contribution is -0.138. The number of nitrogens with one attached hydrogen (secondary N) is 1. The molecule has 0 aliphatic carbocycles. The molecule has 1 amide bonds. The molecule has 0 aromatic heterocycles. The van der Waals surface area contributed by atoms with E-state index in [-0.39, 0.29) is 16.1 Å². The molecule has 0 aliphatic rings. The van der Waals surface area contributed by atoms with Crippen LogP contribution in [0.1, 0.15) is 43.1 Å². The first-order chi connectivity index (χ1) is 9.11. The molecule has 0 radical (unpaired) electrons. The first-order valence-electron chi connectivity index (χ1n) is 6.29. The Morgan fingerprint density at radius 2 is 1.90 bits per heavy atom. The maximum Gasteiger partial charge on any atom is 0.417 e. The van der Waals surface area contributed by atoms with Gasteiger partial charge in [-0.15, -0.1) is 0 Å². The van der Waals surface area contributed by atoms with E-state index in [1.807, 2.05) is 20.8 Å². The summed E-state index contributed by atoms with van der Waals surface area (Å²) in [6, 6.07) is 3.39. The average molecular weight is 352 g/mol. The summed E-state index contributed by atoms with van der Waals surface area (Å²) in [4.78, 5) is 11.9. The summed E-state index contributed by atoms with van der Waals surface area (Å²) >= 11 is 2.85. The second kappa shape index (κ2) is 6.61. The van der Waals surface area contributed by atoms with Gasteiger partial charge in [0.25, 0.3) is 5.91 Å². The third kappa shape index (κ3) is 4.81. The molecule has 0 saturated carbocycles. The highest BCUT2D eigenvalue weighted by atomic mass is 79.9. The summed E-state index contributed by atoms with van der Waals surface area (Å²) in [6.07, 6.45) is -3.72. The van der Waals surface area contributed by atoms with Crippen LogP contribution in [0.15, 0.2) is 22.7 Å². The van der Waals surface area contributed by atoms with Crippen LogP contribution in [0.25, 0.3) is 0 Å². The molecule has 20 heavy (non-hydrogen) atoms. The van der Waals surface area contributed by atoms with Crippen molar-refractivity contribution in [1.82, 2.24) is 5.32 Å². The maximum atomic E-state index is 12.8. The van der Waals surface area contributed by atoms with Crippen LogP contribution < -0.4 is 5.32 Å². The van der Waals surface area contributed by atoms with Crippen LogP contribution in [-0.2, 0) is 6.18 Å². The lowest BCUT2D eigenvalue weighted by Crippen LogP contribution is -2.33. The molecular weight excluding hydrogens is 335 g/mol. The van der Waals surface area contributed by atoms with E-state index < -0.39 is 17.6 Å². The molecule has 0 spiro atoms. The summed E-state index contributed by atoms with van der Waals surface area (Å²) in [5, 5.41) is 2.70. The number of rotatable bonds is 4. The van der Waals surface area contributed by atoms with E-state index in [1.54, 1.807) is 0 Å². The van der Waals surface area contributed by atoms with Crippen LogP contribution in [0.3, 0.4) is 0 Å². The Hall–Kier alpha value is -1.04. The fraction of sp³-hybridized carbons (Fsp3) is 0.500. The molecule has 1 aromatic rings. The van der Waals surface area contributed by atoms with Gasteiger partial charge in [0, 0.05) is 16.1 Å². The van der Waals surface area contributed by atoms with Gasteiger partial charge in [-0.05, 0) is 37.5 Å². The number of hydrogen-bond acceptors (Lipinski definition) is 1. The Labute approximate surface area is 124 Å². The molecule has 1 N–H and O–H groups in total. The largest absolute Gasteiger partial charge is 0.417 e. The molecule has 0 saturated heterocycles. The fourth-order valence-electron chi connectivity index (χ4n) is 1.96. The predicted molar refractivity (Wildman–Crippen MR) is 75.5 cm³/mol. The quantitative estimate of drug-likeness (QED) is 0.841. The minimum absolute atomic E-state index is 0.0103. The standard InChI is InChI=1S/C14H17BrF3NO/c1-8(2)6-9(3)19-13(20)10-4-5-12(15)11(7-10)14(16,17)18/h4-5,7-9H,6H2,1-3H3,(H,19,20). The zero-order valence-electron chi connectivity index (χ0n) is 11.5. The number of halogens is 4. The second-order valence-electron chi connectivity index (χ2n) is 5.20. The highest BCUT2D eigenvalue weighted by Crippen LogP contribution is 2.35. The van der Waals surface area contributed by atoms with Crippen LogP contribution in [0.5, 0.6) is 0 Å². The third-order valence-corrected chi connectivity index (χ3v) is 3.43. The van der Waals surface area contributed by atoms with Gasteiger partial charge >= 0.3 is 6.18 Å². The van der Waals surface area contributed by atoms with Gasteiger partial charge in [0.05, 0.1) is 5.56 Å². The van der Waals surface area contributed by atoms with Crippen molar-refractivity contribution in [2.45, 2.75) is 39.4 Å². The van der Waals surface area contributed by atoms with Crippen molar-refractivity contribution in [2.75, 3.05) is 0 Å². The Morgan fingerprint density at radius 3 is 2.40 bits per heavy atom. The molecule has 1 unspecified atom stereocenters. The number of benzene rings is 1. The van der Waals surface area contributed by atoms with Crippen molar-refractivity contribution in [2.24, 2.45) is 5.92 Å². The van der Waals surface area contributed by atoms with Gasteiger partial charge in [-0.3, -0.25) is 4.79 Å². The van der Waals surface area contributed by atoms with Gasteiger partial charge in [0.2, 0.25) is 0 Å². The second-order valence-corrected chi connectivity index (χ2v) is 6.05. The normalized spacial score (nSPS) is 13.4. The SMILES string of the molecule is CC(C)CC(C)NC(=O)c1ccc(Br)c(C(F)(F)F)c1. The smallest absolute Gasteiger partial charge is 0.350 e. The molecule has 1 atom stereocenters. The third-order valence-electron chi connectivity index (χ3n) is 2.74. The minimum Gasteiger partial charge on any atom is -0.350 e. The Bertz CT molecular complexity index is 486. The summed E-state index contributed by atoms with van der Waals surface area (Å²) in [7, 11) is 0. The van der Waals surface area contributed by atoms with Crippen LogP contribution in [-0.4, -0.2) is 11.9 Å². The maximum absolute atomic E-state index is 12.8. The lowest BCUT2D eigenvalue weighted by atomic mass is 10.0. The van der Waals surface area contributed by atoms with Crippen molar-refractivity contribution in [3.8, 4) is 0 Å². The highest BCUT2D eigenvalue weighted by molar-refractivity contribution is 9.10. The first-order valence-corrected chi connectivity index (χ1v) is 7.08. The minimum atomic E-state index is -4.49. The van der Waals surface area contributed by atoms with Crippen molar-refractivity contribution in [1.29, 1.82) is 0 Å². The molecule has 112 valence electrons. The molecule has 1 aromatic carbocycles. The van der Waals surface area contributed by atoms with Gasteiger partial charge in [-0.25, -0.2) is 0 Å². The van der Waals surface area contributed by atoms with Crippen molar-refractivity contribution in [3.63, 3.8) is 0 Å². The van der Waals surface area contributed by atoms with E-state index in [4.69, 9.17) is 0 Å². The molecule has 0 aliphatic heterocycles. The van der Waals surface area contributed by atoms with E-state index in [9.17, 15) is 18.0 Å². The van der Waals surface area contributed by atoms with E-state index in [2.05, 4.69) is 21.2 Å². The molecule has 0 heterocycles. The highest BCUT2D eigenvalue weighted by Gasteiger charge is 2.33. The fourth-order valence-corrected chi connectivity index (χ4v) is 2.43. The number of alkyl halides is 3. The van der Waals surface area contributed by atoms with Crippen LogP contribution in [0, 0.1) is 5.92 Å². The van der Waals surface area contributed by atoms with Crippen molar-refractivity contribution in [3.05, 3.63) is 33.8 Å². The average Bonchev–Trinajstić information content (AvgIpc) is 2.26. The molecular formula is C14H17BrF3NO. The molecule has 6 heteroatoms. The zero-order chi connectivity index (χ0) is 15.5. The van der Waals surface area contributed by atoms with E-state index in [0.29, 0.717) is 5.92 Å². The predicted octanol–water partition coefficient (Wildman–Crippen LogP) is 4.63. The van der Waals surface area contributed by atoms with E-state index in [0.717, 1.165) is 12.5 Å². The van der Waals surface area contributed by atoms with Crippen molar-refractivity contribution < 1.29 is 18.0 Å². The van der Waals surface area contributed by atoms with Crippen LogP contribution in [0.4, 0.5) is 13.2 Å². The van der Waals surface area contributed by atoms with Crippen LogP contribution in [0.2, 0.25) is 0 Å². The lowest BCUT2D eigenvalue weighted by Gasteiger charge is -2.17. The Morgan fingerprint density at radius 1 is 1.30 bits per heavy atom. The summed E-state index contributed by atoms with van der Waals surface area (Å²) in [6.45, 7) is 5.87. The molecule has 0 bridgehead atoms. The Balaban J connectivity index is 2.89. The van der Waals surface area contributed by atoms with Gasteiger partial charge in [0.1, 0.15) is 0 Å². The van der Waals surface area contributed by atoms with Gasteiger partial charge in [0.15, 0.2) is 0 Å². The summed E-state index contributed by atoms with van der Waals surface area (Å²) in [5.41, 5.74) is -0.835. The summed E-state index contributed by atoms with van der Waals surface area (Å²) < 4.78 is 38.2. The monoisotopic (exact) mass is 351 g/mol. The molecule has 0 fully saturated rings. The molecule has 1 rings (SSSR count). The number of hydrogen-bond donors (Lipinski definition) is 1. The first kappa shape index (κ1) is 17.0. The number of amides is 1. The van der Waals surface area contributed by atoms with Gasteiger partial charge < -0.3 is 5.32 Å². The van der Waals surface area contributed by atoms with E-state index in [1.165, 1.54) is 12.1 Å². The number of carbonyl (C=O) groups excluding carboxylic acids is 1. The Kier molecular flexibility index (Phi) is 5.62. The molecule has 2 nitrogen and oxygen atoms in total. The topological polar surface area (TPSA) is 29.1 Å². The zero-order valence-corrected chi connectivity index (χ0v) is 13.1. The van der Waals surface area contributed by atoms with Gasteiger partial charge in [-0.1, -0.05) is 29.8 Å². The van der Waals surface area contributed by atoms with Crippen LogP contribution >= 0.6 is 15.9 Å². The summed E-state index contributed by atoms with van der Waals surface area (Å²) in [5.74, 6) is -0.0860.